The zero-order chi connectivity index (χ0) is 14.7. The molecule has 2 bridgehead atoms. The van der Waals surface area contributed by atoms with E-state index in [-0.39, 0.29) is 23.9 Å². The third-order valence-corrected chi connectivity index (χ3v) is 4.47. The molecule has 2 heterocycles. The Morgan fingerprint density at radius 2 is 2.25 bits per heavy atom. The lowest BCUT2D eigenvalue weighted by atomic mass is 9.89. The molecule has 0 aromatic heterocycles. The number of benzene rings is 1. The second-order valence-corrected chi connectivity index (χ2v) is 6.65. The minimum Gasteiger partial charge on any atom is -0.508 e. The fourth-order valence-corrected chi connectivity index (χ4v) is 3.75. The van der Waals surface area contributed by atoms with E-state index in [1.165, 1.54) is 0 Å². The average Bonchev–Trinajstić information content (AvgIpc) is 2.29. The summed E-state index contributed by atoms with van der Waals surface area (Å²) >= 11 is 3.42. The molecule has 1 fully saturated rings. The molecule has 2 aliphatic heterocycles. The number of rotatable bonds is 1. The summed E-state index contributed by atoms with van der Waals surface area (Å²) in [5.74, 6) is 0.843. The minimum atomic E-state index is -0.673. The van der Waals surface area contributed by atoms with Gasteiger partial charge in [0.1, 0.15) is 11.5 Å². The van der Waals surface area contributed by atoms with Crippen molar-refractivity contribution in [2.75, 3.05) is 0 Å². The largest absolute Gasteiger partial charge is 0.508 e. The molecule has 108 valence electrons. The molecule has 20 heavy (non-hydrogen) atoms. The van der Waals surface area contributed by atoms with Crippen molar-refractivity contribution in [3.63, 3.8) is 0 Å². The Balaban J connectivity index is 2.13. The molecular weight excluding hydrogens is 324 g/mol. The van der Waals surface area contributed by atoms with Crippen molar-refractivity contribution < 1.29 is 14.6 Å². The Kier molecular flexibility index (Phi) is 2.90. The van der Waals surface area contributed by atoms with Crippen LogP contribution >= 0.6 is 15.9 Å². The molecule has 2 amide bonds. The molecule has 0 spiro atoms. The molecule has 0 saturated carbocycles. The van der Waals surface area contributed by atoms with Gasteiger partial charge in [0.05, 0.1) is 10.5 Å². The minimum absolute atomic E-state index is 0.0402. The van der Waals surface area contributed by atoms with Gasteiger partial charge >= 0.3 is 6.03 Å². The highest BCUT2D eigenvalue weighted by atomic mass is 79.9. The van der Waals surface area contributed by atoms with Gasteiger partial charge in [-0.3, -0.25) is 4.90 Å². The summed E-state index contributed by atoms with van der Waals surface area (Å²) in [6.45, 7) is 5.87. The van der Waals surface area contributed by atoms with Crippen LogP contribution in [0.1, 0.15) is 38.8 Å². The lowest BCUT2D eigenvalue weighted by Crippen LogP contribution is -2.66. The monoisotopic (exact) mass is 340 g/mol. The van der Waals surface area contributed by atoms with E-state index in [2.05, 4.69) is 21.2 Å². The van der Waals surface area contributed by atoms with Crippen molar-refractivity contribution in [3.05, 3.63) is 22.2 Å². The molecule has 2 atom stereocenters. The number of carbonyl (C=O) groups excluding carboxylic acids is 1. The number of halogens is 1. The first-order valence-corrected chi connectivity index (χ1v) is 7.42. The van der Waals surface area contributed by atoms with Crippen LogP contribution in [0, 0.1) is 0 Å². The van der Waals surface area contributed by atoms with E-state index in [4.69, 9.17) is 4.74 Å². The van der Waals surface area contributed by atoms with E-state index in [0.29, 0.717) is 16.6 Å². The van der Waals surface area contributed by atoms with Gasteiger partial charge < -0.3 is 15.2 Å². The second kappa shape index (κ2) is 4.28. The third kappa shape index (κ3) is 1.85. The van der Waals surface area contributed by atoms with Crippen molar-refractivity contribution in [1.29, 1.82) is 0 Å². The van der Waals surface area contributed by atoms with Gasteiger partial charge in [-0.1, -0.05) is 0 Å². The summed E-state index contributed by atoms with van der Waals surface area (Å²) in [6, 6.07) is 3.01. The van der Waals surface area contributed by atoms with Crippen LogP contribution in [-0.4, -0.2) is 27.8 Å². The molecule has 1 aromatic carbocycles. The number of nitrogens with zero attached hydrogens (tertiary/aromatic N) is 1. The maximum absolute atomic E-state index is 12.3. The van der Waals surface area contributed by atoms with Crippen molar-refractivity contribution >= 4 is 22.0 Å². The topological polar surface area (TPSA) is 61.8 Å². The number of hydrogen-bond acceptors (Lipinski definition) is 3. The number of phenols is 1. The summed E-state index contributed by atoms with van der Waals surface area (Å²) in [6.07, 6.45) is 0.653. The van der Waals surface area contributed by atoms with Crippen LogP contribution in [0.15, 0.2) is 16.6 Å². The maximum atomic E-state index is 12.3. The van der Waals surface area contributed by atoms with Crippen LogP contribution in [0.4, 0.5) is 4.79 Å². The van der Waals surface area contributed by atoms with Gasteiger partial charge in [0, 0.05) is 18.0 Å². The number of fused-ring (bicyclic) bond motifs is 4. The Labute approximate surface area is 126 Å². The van der Waals surface area contributed by atoms with E-state index in [1.54, 1.807) is 17.0 Å². The lowest BCUT2D eigenvalue weighted by molar-refractivity contribution is -0.0968. The Bertz CT molecular complexity index is 590. The molecule has 1 saturated heterocycles. The number of carbonyl (C=O) groups is 1. The Morgan fingerprint density at radius 3 is 2.90 bits per heavy atom. The molecule has 0 aliphatic carbocycles. The van der Waals surface area contributed by atoms with Gasteiger partial charge in [0.15, 0.2) is 5.72 Å². The molecular formula is C14H17BrN2O3. The van der Waals surface area contributed by atoms with Gasteiger partial charge in [0.2, 0.25) is 0 Å². The van der Waals surface area contributed by atoms with Crippen LogP contribution in [-0.2, 0) is 0 Å². The molecule has 5 nitrogen and oxygen atoms in total. The molecule has 1 aromatic rings. The van der Waals surface area contributed by atoms with Crippen LogP contribution in [0.5, 0.6) is 11.5 Å². The number of phenolic OH excluding ortho intramolecular Hbond substituents is 1. The summed E-state index contributed by atoms with van der Waals surface area (Å²) in [5.41, 5.74) is 0.138. The third-order valence-electron chi connectivity index (χ3n) is 3.88. The average molecular weight is 341 g/mol. The maximum Gasteiger partial charge on any atom is 0.321 e. The van der Waals surface area contributed by atoms with E-state index >= 15 is 0 Å². The predicted molar refractivity (Wildman–Crippen MR) is 77.7 cm³/mol. The van der Waals surface area contributed by atoms with E-state index in [1.807, 2.05) is 20.8 Å². The zero-order valence-corrected chi connectivity index (χ0v) is 13.2. The van der Waals surface area contributed by atoms with Crippen LogP contribution in [0.25, 0.3) is 0 Å². The van der Waals surface area contributed by atoms with Gasteiger partial charge in [-0.05, 0) is 48.8 Å². The van der Waals surface area contributed by atoms with Crippen molar-refractivity contribution in [2.45, 2.75) is 45.0 Å². The van der Waals surface area contributed by atoms with Gasteiger partial charge in [-0.25, -0.2) is 4.79 Å². The number of ether oxygens (including phenoxy) is 1. The Morgan fingerprint density at radius 1 is 1.55 bits per heavy atom. The van der Waals surface area contributed by atoms with E-state index in [0.717, 1.165) is 5.56 Å². The summed E-state index contributed by atoms with van der Waals surface area (Å²) in [7, 11) is 0. The van der Waals surface area contributed by atoms with Crippen LogP contribution < -0.4 is 10.1 Å². The molecule has 0 radical (unpaired) electrons. The quantitative estimate of drug-likeness (QED) is 0.825. The summed E-state index contributed by atoms with van der Waals surface area (Å²) < 4.78 is 6.82. The highest BCUT2D eigenvalue weighted by Gasteiger charge is 2.50. The predicted octanol–water partition coefficient (Wildman–Crippen LogP) is 3.13. The summed E-state index contributed by atoms with van der Waals surface area (Å²) in [4.78, 5) is 14.0. The Hall–Kier alpha value is -1.43. The highest BCUT2D eigenvalue weighted by molar-refractivity contribution is 9.10. The normalized spacial score (nSPS) is 27.9. The smallest absolute Gasteiger partial charge is 0.321 e. The van der Waals surface area contributed by atoms with Crippen LogP contribution in [0.2, 0.25) is 0 Å². The first-order valence-electron chi connectivity index (χ1n) is 6.63. The van der Waals surface area contributed by atoms with Crippen molar-refractivity contribution in [1.82, 2.24) is 10.2 Å². The van der Waals surface area contributed by atoms with Crippen LogP contribution in [0.3, 0.4) is 0 Å². The first-order chi connectivity index (χ1) is 9.32. The van der Waals surface area contributed by atoms with Gasteiger partial charge in [-0.2, -0.15) is 0 Å². The van der Waals surface area contributed by atoms with Gasteiger partial charge in [0.25, 0.3) is 0 Å². The lowest BCUT2D eigenvalue weighted by Gasteiger charge is -2.52. The number of urea groups is 1. The molecule has 6 heteroatoms. The number of aromatic hydroxyl groups is 1. The first kappa shape index (κ1) is 13.5. The zero-order valence-electron chi connectivity index (χ0n) is 11.6. The van der Waals surface area contributed by atoms with Crippen molar-refractivity contribution in [2.24, 2.45) is 0 Å². The van der Waals surface area contributed by atoms with E-state index in [9.17, 15) is 9.90 Å². The SMILES string of the molecule is CC(C)N1C(=O)NC2CC1(C)Oc1c(Br)cc(O)cc12. The van der Waals surface area contributed by atoms with E-state index < -0.39 is 5.72 Å². The van der Waals surface area contributed by atoms with Gasteiger partial charge in [-0.15, -0.1) is 0 Å². The molecule has 2 aliphatic rings. The van der Waals surface area contributed by atoms with Crippen molar-refractivity contribution in [3.8, 4) is 11.5 Å². The fraction of sp³-hybridized carbons (Fsp3) is 0.500. The number of nitrogens with one attached hydrogen (secondary N) is 1. The molecule has 2 N–H and O–H groups in total. The standard InChI is InChI=1S/C14H17BrN2O3/c1-7(2)17-13(19)16-11-6-14(17,3)20-12-9(11)4-8(18)5-10(12)15/h4-5,7,11,18H,6H2,1-3H3,(H,16,19). The molecule has 2 unspecified atom stereocenters. The number of hydrogen-bond donors (Lipinski definition) is 2. The highest BCUT2D eigenvalue weighted by Crippen LogP contribution is 2.48. The number of amides is 2. The molecule has 3 rings (SSSR count). The summed E-state index contributed by atoms with van der Waals surface area (Å²) in [5, 5.41) is 12.7. The second-order valence-electron chi connectivity index (χ2n) is 5.79. The fourth-order valence-electron chi connectivity index (χ4n) is 3.21.